The minimum Gasteiger partial charge on any atom is -0.463 e. The number of hydrogen-bond acceptors (Lipinski definition) is 4. The number of ether oxygens (including phenoxy) is 3. The fourth-order valence-electron chi connectivity index (χ4n) is 1.34. The summed E-state index contributed by atoms with van der Waals surface area (Å²) in [4.78, 5) is 10.6. The molecule has 0 bridgehead atoms. The van der Waals surface area contributed by atoms with E-state index >= 15 is 0 Å². The molecule has 0 saturated carbocycles. The Balaban J connectivity index is 3.11. The number of unbranched alkanes of at least 4 members (excludes halogenated alkanes) is 1. The quantitative estimate of drug-likeness (QED) is 0.428. The third-order valence-electron chi connectivity index (χ3n) is 2.09. The predicted octanol–water partition coefficient (Wildman–Crippen LogP) is 2.16. The predicted molar refractivity (Wildman–Crippen MR) is 62.4 cm³/mol. The van der Waals surface area contributed by atoms with E-state index in [1.165, 1.54) is 6.92 Å². The molecule has 0 aliphatic heterocycles. The van der Waals surface area contributed by atoms with Gasteiger partial charge in [-0.3, -0.25) is 4.79 Å². The molecular formula is C12H24O4. The van der Waals surface area contributed by atoms with Crippen LogP contribution in [0.1, 0.15) is 40.0 Å². The summed E-state index contributed by atoms with van der Waals surface area (Å²) in [6.07, 6.45) is 2.93. The summed E-state index contributed by atoms with van der Waals surface area (Å²) in [6, 6.07) is 0. The summed E-state index contributed by atoms with van der Waals surface area (Å²) in [7, 11) is 0. The lowest BCUT2D eigenvalue weighted by Crippen LogP contribution is -2.12. The second-order valence-corrected chi connectivity index (χ2v) is 3.73. The Kier molecular flexibility index (Phi) is 10.5. The molecule has 0 aromatic heterocycles. The SMILES string of the molecule is CCOCCOCCCC[C@@H](C)OC(C)=O. The van der Waals surface area contributed by atoms with Crippen LogP contribution in [0.3, 0.4) is 0 Å². The van der Waals surface area contributed by atoms with Crippen LogP contribution >= 0.6 is 0 Å². The van der Waals surface area contributed by atoms with Crippen LogP contribution in [0.15, 0.2) is 0 Å². The van der Waals surface area contributed by atoms with Crippen molar-refractivity contribution in [1.82, 2.24) is 0 Å². The van der Waals surface area contributed by atoms with Gasteiger partial charge >= 0.3 is 5.97 Å². The first-order chi connectivity index (χ1) is 7.66. The van der Waals surface area contributed by atoms with Crippen molar-refractivity contribution in [3.63, 3.8) is 0 Å². The Labute approximate surface area is 98.3 Å². The molecule has 96 valence electrons. The van der Waals surface area contributed by atoms with Gasteiger partial charge in [0.05, 0.1) is 19.3 Å². The molecule has 0 aromatic rings. The lowest BCUT2D eigenvalue weighted by atomic mass is 10.2. The van der Waals surface area contributed by atoms with Gasteiger partial charge in [0, 0.05) is 20.1 Å². The van der Waals surface area contributed by atoms with E-state index in [-0.39, 0.29) is 12.1 Å². The van der Waals surface area contributed by atoms with Gasteiger partial charge in [-0.25, -0.2) is 0 Å². The van der Waals surface area contributed by atoms with Crippen molar-refractivity contribution in [2.24, 2.45) is 0 Å². The zero-order valence-corrected chi connectivity index (χ0v) is 10.7. The van der Waals surface area contributed by atoms with Crippen molar-refractivity contribution in [2.75, 3.05) is 26.4 Å². The highest BCUT2D eigenvalue weighted by Crippen LogP contribution is 2.04. The summed E-state index contributed by atoms with van der Waals surface area (Å²) in [5.41, 5.74) is 0. The average molecular weight is 232 g/mol. The Morgan fingerprint density at radius 1 is 1.12 bits per heavy atom. The zero-order valence-electron chi connectivity index (χ0n) is 10.7. The van der Waals surface area contributed by atoms with Crippen molar-refractivity contribution in [1.29, 1.82) is 0 Å². The van der Waals surface area contributed by atoms with Crippen molar-refractivity contribution in [2.45, 2.75) is 46.1 Å². The summed E-state index contributed by atoms with van der Waals surface area (Å²) in [6.45, 7) is 8.14. The fourth-order valence-corrected chi connectivity index (χ4v) is 1.34. The Morgan fingerprint density at radius 2 is 1.81 bits per heavy atom. The molecule has 16 heavy (non-hydrogen) atoms. The minimum atomic E-state index is -0.208. The van der Waals surface area contributed by atoms with E-state index < -0.39 is 0 Å². The van der Waals surface area contributed by atoms with Crippen molar-refractivity contribution >= 4 is 5.97 Å². The van der Waals surface area contributed by atoms with Gasteiger partial charge in [-0.15, -0.1) is 0 Å². The van der Waals surface area contributed by atoms with Crippen LogP contribution in [-0.2, 0) is 19.0 Å². The van der Waals surface area contributed by atoms with E-state index in [0.717, 1.165) is 32.5 Å². The molecule has 0 saturated heterocycles. The Bertz CT molecular complexity index is 170. The van der Waals surface area contributed by atoms with Crippen molar-refractivity contribution in [3.05, 3.63) is 0 Å². The Morgan fingerprint density at radius 3 is 2.44 bits per heavy atom. The largest absolute Gasteiger partial charge is 0.463 e. The van der Waals surface area contributed by atoms with Gasteiger partial charge in [-0.05, 0) is 33.1 Å². The topological polar surface area (TPSA) is 44.8 Å². The van der Waals surface area contributed by atoms with Crippen molar-refractivity contribution in [3.8, 4) is 0 Å². The number of esters is 1. The van der Waals surface area contributed by atoms with Gasteiger partial charge in [0.25, 0.3) is 0 Å². The molecule has 0 radical (unpaired) electrons. The monoisotopic (exact) mass is 232 g/mol. The highest BCUT2D eigenvalue weighted by atomic mass is 16.5. The highest BCUT2D eigenvalue weighted by Gasteiger charge is 2.04. The molecule has 0 aliphatic carbocycles. The van der Waals surface area contributed by atoms with Gasteiger partial charge in [0.2, 0.25) is 0 Å². The average Bonchev–Trinajstić information content (AvgIpc) is 2.21. The van der Waals surface area contributed by atoms with E-state index in [1.807, 2.05) is 13.8 Å². The van der Waals surface area contributed by atoms with E-state index in [2.05, 4.69) is 0 Å². The standard InChI is InChI=1S/C12H24O4/c1-4-14-9-10-15-8-6-5-7-11(2)16-12(3)13/h11H,4-10H2,1-3H3/t11-/m1/s1. The van der Waals surface area contributed by atoms with E-state index in [1.54, 1.807) is 0 Å². The number of carbonyl (C=O) groups is 1. The summed E-state index contributed by atoms with van der Waals surface area (Å²) in [5.74, 6) is -0.208. The van der Waals surface area contributed by atoms with Gasteiger partial charge in [-0.1, -0.05) is 0 Å². The van der Waals surface area contributed by atoms with E-state index in [9.17, 15) is 4.79 Å². The maximum absolute atomic E-state index is 10.6. The zero-order chi connectivity index (χ0) is 12.2. The fraction of sp³-hybridized carbons (Fsp3) is 0.917. The van der Waals surface area contributed by atoms with Crippen LogP contribution in [0.25, 0.3) is 0 Å². The molecule has 0 amide bonds. The highest BCUT2D eigenvalue weighted by molar-refractivity contribution is 5.66. The number of rotatable bonds is 10. The van der Waals surface area contributed by atoms with Crippen LogP contribution in [0.2, 0.25) is 0 Å². The molecule has 0 unspecified atom stereocenters. The molecule has 0 fully saturated rings. The van der Waals surface area contributed by atoms with Crippen LogP contribution in [-0.4, -0.2) is 38.5 Å². The lowest BCUT2D eigenvalue weighted by Gasteiger charge is -2.11. The Hall–Kier alpha value is -0.610. The number of carbonyl (C=O) groups excluding carboxylic acids is 1. The second-order valence-electron chi connectivity index (χ2n) is 3.73. The second kappa shape index (κ2) is 10.9. The maximum Gasteiger partial charge on any atom is 0.302 e. The smallest absolute Gasteiger partial charge is 0.302 e. The van der Waals surface area contributed by atoms with Crippen LogP contribution in [0, 0.1) is 0 Å². The molecule has 4 heteroatoms. The summed E-state index contributed by atoms with van der Waals surface area (Å²) >= 11 is 0. The molecule has 0 aromatic carbocycles. The molecular weight excluding hydrogens is 208 g/mol. The van der Waals surface area contributed by atoms with Crippen molar-refractivity contribution < 1.29 is 19.0 Å². The molecule has 4 nitrogen and oxygen atoms in total. The molecule has 0 heterocycles. The van der Waals surface area contributed by atoms with Gasteiger partial charge in [-0.2, -0.15) is 0 Å². The first-order valence-electron chi connectivity index (χ1n) is 5.99. The lowest BCUT2D eigenvalue weighted by molar-refractivity contribution is -0.145. The number of hydrogen-bond donors (Lipinski definition) is 0. The summed E-state index contributed by atoms with van der Waals surface area (Å²) in [5, 5.41) is 0. The molecule has 0 spiro atoms. The third kappa shape index (κ3) is 11.5. The van der Waals surface area contributed by atoms with Gasteiger partial charge < -0.3 is 14.2 Å². The van der Waals surface area contributed by atoms with E-state index in [4.69, 9.17) is 14.2 Å². The third-order valence-corrected chi connectivity index (χ3v) is 2.09. The maximum atomic E-state index is 10.6. The van der Waals surface area contributed by atoms with Crippen LogP contribution in [0.4, 0.5) is 0 Å². The normalized spacial score (nSPS) is 12.4. The van der Waals surface area contributed by atoms with Crippen LogP contribution < -0.4 is 0 Å². The molecule has 0 aliphatic rings. The van der Waals surface area contributed by atoms with E-state index in [0.29, 0.717) is 13.2 Å². The first kappa shape index (κ1) is 15.4. The molecule has 1 atom stereocenters. The first-order valence-corrected chi connectivity index (χ1v) is 5.99. The van der Waals surface area contributed by atoms with Gasteiger partial charge in [0.15, 0.2) is 0 Å². The van der Waals surface area contributed by atoms with Gasteiger partial charge in [0.1, 0.15) is 0 Å². The molecule has 0 N–H and O–H groups in total. The van der Waals surface area contributed by atoms with Crippen LogP contribution in [0.5, 0.6) is 0 Å². The minimum absolute atomic E-state index is 0.0147. The molecule has 0 rings (SSSR count). The summed E-state index contributed by atoms with van der Waals surface area (Å²) < 4.78 is 15.5.